The van der Waals surface area contributed by atoms with Crippen LogP contribution in [0.3, 0.4) is 0 Å². The van der Waals surface area contributed by atoms with Crippen LogP contribution in [0.1, 0.15) is 228 Å². The zero-order chi connectivity index (χ0) is 39.1. The number of rotatable bonds is 34. The van der Waals surface area contributed by atoms with Crippen LogP contribution < -0.4 is 5.79 Å². The summed E-state index contributed by atoms with van der Waals surface area (Å²) >= 11 is 2.11. The molecule has 0 unspecified atom stereocenters. The quantitative estimate of drug-likeness (QED) is 0.0497. The fourth-order valence-corrected chi connectivity index (χ4v) is 52.7. The Kier molecular flexibility index (Phi) is 25.8. The van der Waals surface area contributed by atoms with E-state index >= 15 is 0 Å². The van der Waals surface area contributed by atoms with Crippen LogP contribution in [0, 0.1) is 0 Å². The normalized spacial score (nSPS) is 14.1. The van der Waals surface area contributed by atoms with Crippen LogP contribution in [-0.4, -0.2) is 36.8 Å². The number of thioether (sulfide) groups is 1. The summed E-state index contributed by atoms with van der Waals surface area (Å²) in [5, 5.41) is 0. The fraction of sp³-hybridized carbons (Fsp3) is 0.837. The second-order valence-corrected chi connectivity index (χ2v) is 49.8. The topological polar surface area (TPSA) is 0 Å². The number of hydrogen-bond donors (Lipinski definition) is 0. The molecule has 0 aromatic carbocycles. The Morgan fingerprint density at radius 3 is 1.11 bits per heavy atom. The van der Waals surface area contributed by atoms with Crippen LogP contribution in [0.25, 0.3) is 9.75 Å². The maximum absolute atomic E-state index is 3.02. The monoisotopic (exact) mass is 1010 g/mol. The van der Waals surface area contributed by atoms with E-state index in [2.05, 4.69) is 102 Å². The zero-order valence-corrected chi connectivity index (χ0v) is 45.7. The molecule has 2 aromatic rings. The molecule has 312 valence electrons. The van der Waals surface area contributed by atoms with Crippen molar-refractivity contribution in [2.75, 3.05) is 0 Å². The van der Waals surface area contributed by atoms with Gasteiger partial charge in [0.25, 0.3) is 0 Å². The molecular weight excluding hydrogens is 922 g/mol. The average molecular weight is 1010 g/mol. The molecule has 3 heterocycles. The van der Waals surface area contributed by atoms with Crippen molar-refractivity contribution in [3.05, 3.63) is 17.7 Å². The Labute approximate surface area is 359 Å². The van der Waals surface area contributed by atoms with E-state index in [1.165, 1.54) is 167 Å². The van der Waals surface area contributed by atoms with Gasteiger partial charge in [-0.05, 0) is 0 Å². The molecule has 1 aliphatic rings. The maximum atomic E-state index is 3.02. The number of unbranched alkanes of at least 4 members (excludes halogenated alkanes) is 16. The predicted octanol–water partition coefficient (Wildman–Crippen LogP) is 18.4. The fourth-order valence-electron chi connectivity index (χ4n) is 9.75. The van der Waals surface area contributed by atoms with Gasteiger partial charge in [0.1, 0.15) is 0 Å². The minimum absolute atomic E-state index is 0.289. The first kappa shape index (κ1) is 49.7. The van der Waals surface area contributed by atoms with E-state index in [1.807, 2.05) is 16.2 Å². The summed E-state index contributed by atoms with van der Waals surface area (Å²) in [6.45, 7) is 19.5. The molecule has 1 aliphatic heterocycles. The SMILES string of the molecule is CCCCCCCCC1(CCCCCCCC)Sc2c[c]([Sn]([CH2]CCC)([CH2]CCC)[CH2]CCC)sc2-c2s[c]([Sn]([CH2]CCC)([CH2]CCC)[CH2]CCC)cc21. The predicted molar refractivity (Wildman–Crippen MR) is 260 cm³/mol. The van der Waals surface area contributed by atoms with Gasteiger partial charge < -0.3 is 0 Å². The van der Waals surface area contributed by atoms with E-state index in [0.29, 0.717) is 0 Å². The zero-order valence-electron chi connectivity index (χ0n) is 37.5. The van der Waals surface area contributed by atoms with Gasteiger partial charge in [-0.15, -0.1) is 0 Å². The summed E-state index contributed by atoms with van der Waals surface area (Å²) < 4.78 is 13.9. The van der Waals surface area contributed by atoms with Gasteiger partial charge >= 0.3 is 363 Å². The van der Waals surface area contributed by atoms with Gasteiger partial charge in [-0.1, -0.05) is 0 Å². The van der Waals surface area contributed by atoms with E-state index in [9.17, 15) is 0 Å². The van der Waals surface area contributed by atoms with Crippen LogP contribution >= 0.6 is 34.4 Å². The molecule has 3 rings (SSSR count). The summed E-state index contributed by atoms with van der Waals surface area (Å²) in [6.07, 6.45) is 36.9. The first-order valence-electron chi connectivity index (χ1n) is 24.4. The number of hydrogen-bond acceptors (Lipinski definition) is 3. The Balaban J connectivity index is 2.26. The van der Waals surface area contributed by atoms with Crippen molar-refractivity contribution in [1.29, 1.82) is 0 Å². The van der Waals surface area contributed by atoms with Crippen molar-refractivity contribution in [3.63, 3.8) is 0 Å². The molecule has 0 saturated carbocycles. The van der Waals surface area contributed by atoms with Gasteiger partial charge in [0.15, 0.2) is 0 Å². The second-order valence-electron chi connectivity index (χ2n) is 18.0. The molecule has 0 amide bonds. The molecule has 0 fully saturated rings. The van der Waals surface area contributed by atoms with E-state index in [4.69, 9.17) is 0 Å². The van der Waals surface area contributed by atoms with Crippen LogP contribution in [0.5, 0.6) is 0 Å². The summed E-state index contributed by atoms with van der Waals surface area (Å²) in [6, 6.07) is 5.95. The van der Waals surface area contributed by atoms with Gasteiger partial charge in [-0.25, -0.2) is 0 Å². The van der Waals surface area contributed by atoms with Crippen LogP contribution in [0.4, 0.5) is 0 Å². The molecule has 0 saturated heterocycles. The standard InChI is InChI=1S/C25H36S3.6C4H9.2Sn/c1-3-5-7-9-11-13-17-25(18-14-12-10-8-6-4-2)21-15-19-26-23(21)24-22(28-25)16-20-27-24;6*1-3-4-2;;/h15-16H,3-14,17-18H2,1-2H3;6*1,3-4H2,2H3;;. The van der Waals surface area contributed by atoms with E-state index < -0.39 is 36.8 Å². The van der Waals surface area contributed by atoms with Crippen molar-refractivity contribution in [1.82, 2.24) is 0 Å². The number of thiophene rings is 2. The third kappa shape index (κ3) is 14.5. The second kappa shape index (κ2) is 28.0. The molecule has 54 heavy (non-hydrogen) atoms. The van der Waals surface area contributed by atoms with Crippen molar-refractivity contribution in [2.24, 2.45) is 0 Å². The van der Waals surface area contributed by atoms with Gasteiger partial charge in [-0.3, -0.25) is 0 Å². The van der Waals surface area contributed by atoms with E-state index in [-0.39, 0.29) is 4.75 Å². The van der Waals surface area contributed by atoms with Crippen molar-refractivity contribution < 1.29 is 0 Å². The summed E-state index contributed by atoms with van der Waals surface area (Å²) in [5.74, 6) is 0. The Morgan fingerprint density at radius 1 is 0.389 bits per heavy atom. The third-order valence-corrected chi connectivity index (χ3v) is 53.9. The van der Waals surface area contributed by atoms with Gasteiger partial charge in [0, 0.05) is 0 Å². The van der Waals surface area contributed by atoms with E-state index in [0.717, 1.165) is 0 Å². The first-order valence-corrected chi connectivity index (χ1v) is 41.8. The Hall–Kier alpha value is 1.35. The summed E-state index contributed by atoms with van der Waals surface area (Å²) in [7, 11) is 0. The van der Waals surface area contributed by atoms with Gasteiger partial charge in [-0.2, -0.15) is 0 Å². The molecule has 0 spiro atoms. The average Bonchev–Trinajstić information content (AvgIpc) is 3.84. The molecule has 0 radical (unpaired) electrons. The van der Waals surface area contributed by atoms with Crippen LogP contribution in [0.15, 0.2) is 17.0 Å². The molecule has 2 aromatic heterocycles. The van der Waals surface area contributed by atoms with Crippen LogP contribution in [-0.2, 0) is 4.75 Å². The Morgan fingerprint density at radius 2 is 0.722 bits per heavy atom. The van der Waals surface area contributed by atoms with Gasteiger partial charge in [0.05, 0.1) is 0 Å². The Bertz CT molecular complexity index is 1180. The van der Waals surface area contributed by atoms with Crippen LogP contribution in [0.2, 0.25) is 26.6 Å². The van der Waals surface area contributed by atoms with Gasteiger partial charge in [0.2, 0.25) is 0 Å². The molecule has 0 aliphatic carbocycles. The molecule has 0 N–H and O–H groups in total. The first-order chi connectivity index (χ1) is 26.4. The van der Waals surface area contributed by atoms with E-state index in [1.54, 1.807) is 36.4 Å². The summed E-state index contributed by atoms with van der Waals surface area (Å²) in [5.41, 5.74) is 1.87. The molecule has 5 heteroatoms. The van der Waals surface area contributed by atoms with Crippen molar-refractivity contribution in [2.45, 2.75) is 259 Å². The van der Waals surface area contributed by atoms with Crippen molar-refractivity contribution >= 4 is 77.0 Å². The van der Waals surface area contributed by atoms with Crippen molar-refractivity contribution in [3.8, 4) is 9.75 Å². The third-order valence-electron chi connectivity index (χ3n) is 13.4. The molecule has 0 bridgehead atoms. The molecule has 0 atom stereocenters. The molecule has 0 nitrogen and oxygen atoms in total. The number of fused-ring (bicyclic) bond motifs is 3. The summed E-state index contributed by atoms with van der Waals surface area (Å²) in [4.78, 5) is 5.35. The molecular formula is C49H90S3Sn2. The minimum atomic E-state index is -2.60.